The molecule has 0 bridgehead atoms. The average Bonchev–Trinajstić information content (AvgIpc) is 2.91. The van der Waals surface area contributed by atoms with Gasteiger partial charge >= 0.3 is 0 Å². The van der Waals surface area contributed by atoms with Gasteiger partial charge in [0.2, 0.25) is 5.91 Å². The molecule has 1 aliphatic heterocycles. The molecular formula is C29H33F4N5O3S. The minimum absolute atomic E-state index is 0.0977. The third kappa shape index (κ3) is 8.12. The third-order valence-electron chi connectivity index (χ3n) is 6.95. The number of piperazine rings is 1. The van der Waals surface area contributed by atoms with E-state index in [0.717, 1.165) is 18.3 Å². The van der Waals surface area contributed by atoms with Crippen LogP contribution in [0.2, 0.25) is 0 Å². The number of amides is 1. The summed E-state index contributed by atoms with van der Waals surface area (Å²) in [6.45, 7) is 4.55. The van der Waals surface area contributed by atoms with Crippen LogP contribution in [0.1, 0.15) is 49.3 Å². The minimum atomic E-state index is -3.76. The summed E-state index contributed by atoms with van der Waals surface area (Å²) in [5.41, 5.74) is 0.873. The predicted octanol–water partition coefficient (Wildman–Crippen LogP) is 4.25. The summed E-state index contributed by atoms with van der Waals surface area (Å²) in [7, 11) is -3.76. The lowest BCUT2D eigenvalue weighted by atomic mass is 9.88. The molecule has 2 atom stereocenters. The number of hydrogen-bond acceptors (Lipinski definition) is 5. The molecular weight excluding hydrogens is 574 g/mol. The highest BCUT2D eigenvalue weighted by molar-refractivity contribution is 7.87. The number of aromatic nitrogens is 1. The van der Waals surface area contributed by atoms with Crippen LogP contribution in [-0.4, -0.2) is 55.3 Å². The number of nitrogens with zero attached hydrogens (tertiary/aromatic N) is 2. The van der Waals surface area contributed by atoms with Crippen LogP contribution in [0.15, 0.2) is 54.9 Å². The lowest BCUT2D eigenvalue weighted by Crippen LogP contribution is -2.57. The first-order valence-electron chi connectivity index (χ1n) is 13.6. The maximum atomic E-state index is 15.0. The van der Waals surface area contributed by atoms with Crippen LogP contribution in [0, 0.1) is 23.3 Å². The fourth-order valence-corrected chi connectivity index (χ4v) is 6.73. The van der Waals surface area contributed by atoms with E-state index in [4.69, 9.17) is 0 Å². The Bertz CT molecular complexity index is 1490. The number of benzene rings is 2. The van der Waals surface area contributed by atoms with E-state index in [-0.39, 0.29) is 48.7 Å². The third-order valence-corrected chi connectivity index (χ3v) is 8.81. The summed E-state index contributed by atoms with van der Waals surface area (Å²) in [5.74, 6) is -4.26. The average molecular weight is 608 g/mol. The Balaban J connectivity index is 1.53. The molecule has 1 aromatic heterocycles. The second-order valence-electron chi connectivity index (χ2n) is 10.5. The molecule has 0 saturated carbocycles. The fraction of sp³-hybridized carbons (Fsp3) is 0.379. The maximum Gasteiger partial charge on any atom is 0.280 e. The number of halogens is 4. The van der Waals surface area contributed by atoms with Gasteiger partial charge in [-0.15, -0.1) is 0 Å². The van der Waals surface area contributed by atoms with Crippen molar-refractivity contribution in [2.24, 2.45) is 0 Å². The van der Waals surface area contributed by atoms with Crippen molar-refractivity contribution in [3.05, 3.63) is 94.8 Å². The van der Waals surface area contributed by atoms with Crippen molar-refractivity contribution in [1.29, 1.82) is 0 Å². The number of carbonyl (C=O) groups excluding carboxylic acids is 1. The zero-order valence-electron chi connectivity index (χ0n) is 23.2. The lowest BCUT2D eigenvalue weighted by Gasteiger charge is -2.35. The second-order valence-corrected chi connectivity index (χ2v) is 12.1. The summed E-state index contributed by atoms with van der Waals surface area (Å²) >= 11 is 0. The van der Waals surface area contributed by atoms with E-state index in [0.29, 0.717) is 24.7 Å². The van der Waals surface area contributed by atoms with Crippen LogP contribution >= 0.6 is 0 Å². The van der Waals surface area contributed by atoms with Crippen LogP contribution in [0.5, 0.6) is 0 Å². The molecule has 8 nitrogen and oxygen atoms in total. The van der Waals surface area contributed by atoms with Crippen molar-refractivity contribution in [3.8, 4) is 0 Å². The molecule has 0 spiro atoms. The smallest absolute Gasteiger partial charge is 0.280 e. The van der Waals surface area contributed by atoms with Crippen molar-refractivity contribution in [2.75, 3.05) is 25.0 Å². The molecule has 1 saturated heterocycles. The highest BCUT2D eigenvalue weighted by Gasteiger charge is 2.33. The summed E-state index contributed by atoms with van der Waals surface area (Å²) in [6, 6.07) is 7.38. The molecule has 13 heteroatoms. The first-order chi connectivity index (χ1) is 19.9. The number of carbonyl (C=O) groups is 1. The number of hydrogen-bond donors (Lipinski definition) is 3. The largest absolute Gasteiger partial charge is 0.324 e. The summed E-state index contributed by atoms with van der Waals surface area (Å²) < 4.78 is 86.4. The molecule has 4 rings (SSSR count). The molecule has 0 aliphatic carbocycles. The molecule has 0 radical (unpaired) electrons. The summed E-state index contributed by atoms with van der Waals surface area (Å²) in [4.78, 5) is 17.1. The molecule has 3 aromatic rings. The SMILES string of the molecule is CC(C)NS(=O)(=O)N1CCNCC1CCc1c(F)cncc1NC(=O)C[C@@H](c1ccc(F)cc1)c1cc(F)cc(F)c1. The number of pyridine rings is 1. The first-order valence-corrected chi connectivity index (χ1v) is 15.0. The van der Waals surface area contributed by atoms with E-state index < -0.39 is 51.3 Å². The Morgan fingerprint density at radius 1 is 1.02 bits per heavy atom. The van der Waals surface area contributed by atoms with Gasteiger partial charge in [0.1, 0.15) is 23.3 Å². The van der Waals surface area contributed by atoms with Crippen LogP contribution < -0.4 is 15.4 Å². The van der Waals surface area contributed by atoms with E-state index in [2.05, 4.69) is 20.3 Å². The zero-order chi connectivity index (χ0) is 30.4. The number of anilines is 1. The Kier molecular flexibility index (Phi) is 10.3. The van der Waals surface area contributed by atoms with Gasteiger partial charge in [0.05, 0.1) is 18.1 Å². The normalized spacial score (nSPS) is 16.9. The molecule has 2 aromatic carbocycles. The Morgan fingerprint density at radius 2 is 1.71 bits per heavy atom. The van der Waals surface area contributed by atoms with Gasteiger partial charge in [-0.05, 0) is 62.1 Å². The van der Waals surface area contributed by atoms with Gasteiger partial charge in [-0.3, -0.25) is 9.78 Å². The Hall–Kier alpha value is -3.39. The van der Waals surface area contributed by atoms with Gasteiger partial charge in [-0.2, -0.15) is 17.4 Å². The highest BCUT2D eigenvalue weighted by atomic mass is 32.2. The molecule has 1 unspecified atom stereocenters. The quantitative estimate of drug-likeness (QED) is 0.283. The fourth-order valence-electron chi connectivity index (χ4n) is 5.09. The van der Waals surface area contributed by atoms with Crippen molar-refractivity contribution in [3.63, 3.8) is 0 Å². The van der Waals surface area contributed by atoms with Gasteiger partial charge in [-0.1, -0.05) is 12.1 Å². The van der Waals surface area contributed by atoms with Crippen LogP contribution in [0.4, 0.5) is 23.2 Å². The molecule has 42 heavy (non-hydrogen) atoms. The summed E-state index contributed by atoms with van der Waals surface area (Å²) in [6.07, 6.45) is 2.37. The topological polar surface area (TPSA) is 103 Å². The summed E-state index contributed by atoms with van der Waals surface area (Å²) in [5, 5.41) is 5.82. The van der Waals surface area contributed by atoms with E-state index >= 15 is 0 Å². The van der Waals surface area contributed by atoms with E-state index in [9.17, 15) is 30.8 Å². The van der Waals surface area contributed by atoms with Gasteiger partial charge in [0, 0.05) is 55.7 Å². The molecule has 2 heterocycles. The Labute approximate surface area is 242 Å². The van der Waals surface area contributed by atoms with E-state index in [1.165, 1.54) is 34.8 Å². The zero-order valence-corrected chi connectivity index (χ0v) is 24.0. The van der Waals surface area contributed by atoms with Gasteiger partial charge in [-0.25, -0.2) is 17.6 Å². The standard InChI is InChI=1S/C29H33F4N5O3S/c1-18(2)37-42(40,41)38-10-9-34-15-24(38)7-8-25-27(33)16-35-17-28(25)36-29(39)14-26(19-3-5-21(30)6-4-19)20-11-22(31)13-23(32)12-20/h3-6,11-13,16-18,24,26,34,37H,7-10,14-15H2,1-2H3,(H,36,39)/t24?,26-/m0/s1. The van der Waals surface area contributed by atoms with Crippen molar-refractivity contribution < 1.29 is 30.8 Å². The van der Waals surface area contributed by atoms with Gasteiger partial charge in [0.15, 0.2) is 0 Å². The number of nitrogens with one attached hydrogen (secondary N) is 3. The maximum absolute atomic E-state index is 15.0. The van der Waals surface area contributed by atoms with Crippen LogP contribution in [0.25, 0.3) is 0 Å². The Morgan fingerprint density at radius 3 is 2.38 bits per heavy atom. The molecule has 1 aliphatic rings. The highest BCUT2D eigenvalue weighted by Crippen LogP contribution is 2.31. The second kappa shape index (κ2) is 13.7. The van der Waals surface area contributed by atoms with E-state index in [1.54, 1.807) is 13.8 Å². The number of rotatable bonds is 11. The minimum Gasteiger partial charge on any atom is -0.324 e. The lowest BCUT2D eigenvalue weighted by molar-refractivity contribution is -0.116. The van der Waals surface area contributed by atoms with Crippen molar-refractivity contribution in [1.82, 2.24) is 19.3 Å². The monoisotopic (exact) mass is 607 g/mol. The molecule has 3 N–H and O–H groups in total. The first kappa shape index (κ1) is 31.5. The van der Waals surface area contributed by atoms with E-state index in [1.807, 2.05) is 0 Å². The predicted molar refractivity (Wildman–Crippen MR) is 151 cm³/mol. The molecule has 226 valence electrons. The van der Waals surface area contributed by atoms with Gasteiger partial charge < -0.3 is 10.6 Å². The van der Waals surface area contributed by atoms with Gasteiger partial charge in [0.25, 0.3) is 10.2 Å². The molecule has 1 amide bonds. The molecule has 1 fully saturated rings. The van der Waals surface area contributed by atoms with Crippen molar-refractivity contribution >= 4 is 21.8 Å². The van der Waals surface area contributed by atoms with Crippen molar-refractivity contribution in [2.45, 2.75) is 51.1 Å². The van der Waals surface area contributed by atoms with Crippen LogP contribution in [0.3, 0.4) is 0 Å². The van der Waals surface area contributed by atoms with Crippen LogP contribution in [-0.2, 0) is 21.4 Å².